The van der Waals surface area contributed by atoms with E-state index < -0.39 is 30.5 Å². The summed E-state index contributed by atoms with van der Waals surface area (Å²) < 4.78 is 37.1. The maximum absolute atomic E-state index is 12.8. The number of ether oxygens (including phenoxy) is 2. The number of hydrogen-bond donors (Lipinski definition) is 0. The second-order valence-electron chi connectivity index (χ2n) is 7.51. The lowest BCUT2D eigenvalue weighted by atomic mass is 10.1. The fraction of sp³-hybridized carbons (Fsp3) is 0.304. The molecule has 0 aliphatic carbocycles. The van der Waals surface area contributed by atoms with Gasteiger partial charge >= 0.3 is 12.6 Å². The minimum atomic E-state index is -2.92. The molecule has 8 nitrogen and oxygen atoms in total. The Labute approximate surface area is 188 Å². The Bertz CT molecular complexity index is 1280. The maximum atomic E-state index is 12.8. The van der Waals surface area contributed by atoms with Gasteiger partial charge < -0.3 is 14.0 Å². The minimum absolute atomic E-state index is 0.0206. The van der Waals surface area contributed by atoms with Crippen LogP contribution in [-0.4, -0.2) is 39.3 Å². The molecule has 2 heterocycles. The van der Waals surface area contributed by atoms with E-state index in [0.29, 0.717) is 28.2 Å². The summed E-state index contributed by atoms with van der Waals surface area (Å²) in [7, 11) is 1.43. The predicted octanol–water partition coefficient (Wildman–Crippen LogP) is 3.45. The van der Waals surface area contributed by atoms with Gasteiger partial charge in [0.15, 0.2) is 6.61 Å². The van der Waals surface area contributed by atoms with Gasteiger partial charge in [-0.05, 0) is 63.6 Å². The number of carbonyl (C=O) groups excluding carboxylic acids is 2. The fourth-order valence-electron chi connectivity index (χ4n) is 3.59. The molecule has 0 saturated carbocycles. The molecule has 3 aromatic rings. The van der Waals surface area contributed by atoms with E-state index in [1.165, 1.54) is 19.2 Å². The summed E-state index contributed by atoms with van der Waals surface area (Å²) in [4.78, 5) is 37.6. The second-order valence-corrected chi connectivity index (χ2v) is 7.51. The van der Waals surface area contributed by atoms with Crippen LogP contribution in [0.5, 0.6) is 5.75 Å². The smallest absolute Gasteiger partial charge is 0.387 e. The van der Waals surface area contributed by atoms with Gasteiger partial charge in [0.05, 0.1) is 5.69 Å². The summed E-state index contributed by atoms with van der Waals surface area (Å²) in [6.07, 6.45) is 0. The molecule has 33 heavy (non-hydrogen) atoms. The number of aromatic nitrogens is 3. The van der Waals surface area contributed by atoms with Gasteiger partial charge in [-0.1, -0.05) is 0 Å². The molecule has 0 radical (unpaired) electrons. The zero-order chi connectivity index (χ0) is 24.4. The number of benzene rings is 1. The third-order valence-corrected chi connectivity index (χ3v) is 5.32. The fourth-order valence-corrected chi connectivity index (χ4v) is 3.59. The van der Waals surface area contributed by atoms with Crippen molar-refractivity contribution in [3.63, 3.8) is 0 Å². The van der Waals surface area contributed by atoms with Crippen LogP contribution in [0.3, 0.4) is 0 Å². The van der Waals surface area contributed by atoms with Crippen molar-refractivity contribution in [3.8, 4) is 11.4 Å². The van der Waals surface area contributed by atoms with Crippen molar-refractivity contribution in [1.29, 1.82) is 0 Å². The molecule has 1 aromatic carbocycles. The highest BCUT2D eigenvalue weighted by atomic mass is 19.3. The molecule has 0 aliphatic heterocycles. The Morgan fingerprint density at radius 1 is 1.09 bits per heavy atom. The molecule has 0 N–H and O–H groups in total. The topological polar surface area (TPSA) is 92.4 Å². The summed E-state index contributed by atoms with van der Waals surface area (Å²) in [6, 6.07) is 7.65. The largest absolute Gasteiger partial charge is 0.454 e. The quantitative estimate of drug-likeness (QED) is 0.397. The molecule has 174 valence electrons. The summed E-state index contributed by atoms with van der Waals surface area (Å²) in [5, 5.41) is 4.01. The zero-order valence-corrected chi connectivity index (χ0v) is 18.8. The summed E-state index contributed by atoms with van der Waals surface area (Å²) in [6.45, 7) is 3.29. The average Bonchev–Trinajstić information content (AvgIpc) is 3.05. The monoisotopic (exact) mass is 459 g/mol. The van der Waals surface area contributed by atoms with Crippen molar-refractivity contribution < 1.29 is 27.8 Å². The van der Waals surface area contributed by atoms with Crippen LogP contribution in [0.15, 0.2) is 35.1 Å². The van der Waals surface area contributed by atoms with Gasteiger partial charge in [-0.15, -0.1) is 0 Å². The summed E-state index contributed by atoms with van der Waals surface area (Å²) in [5.74, 6) is -1.32. The van der Waals surface area contributed by atoms with Crippen molar-refractivity contribution >= 4 is 11.8 Å². The number of hydrogen-bond acceptors (Lipinski definition) is 6. The summed E-state index contributed by atoms with van der Waals surface area (Å²) >= 11 is 0. The first kappa shape index (κ1) is 23.8. The maximum Gasteiger partial charge on any atom is 0.387 e. The Morgan fingerprint density at radius 2 is 1.73 bits per heavy atom. The molecule has 0 atom stereocenters. The van der Waals surface area contributed by atoms with Crippen LogP contribution < -0.4 is 10.3 Å². The predicted molar refractivity (Wildman–Crippen MR) is 115 cm³/mol. The molecule has 0 amide bonds. The van der Waals surface area contributed by atoms with Crippen LogP contribution in [0, 0.1) is 27.7 Å². The second kappa shape index (κ2) is 9.35. The molecule has 0 saturated heterocycles. The lowest BCUT2D eigenvalue weighted by molar-refractivity contribution is -0.0498. The number of halogens is 2. The molecule has 0 spiro atoms. The third kappa shape index (κ3) is 4.84. The Balaban J connectivity index is 1.80. The highest BCUT2D eigenvalue weighted by Crippen LogP contribution is 2.24. The number of ketones is 1. The Hall–Kier alpha value is -3.82. The van der Waals surface area contributed by atoms with Crippen LogP contribution >= 0.6 is 0 Å². The van der Waals surface area contributed by atoms with Crippen molar-refractivity contribution in [2.75, 3.05) is 6.61 Å². The molecular formula is C23H23F2N3O5. The highest BCUT2D eigenvalue weighted by molar-refractivity contribution is 6.00. The highest BCUT2D eigenvalue weighted by Gasteiger charge is 2.22. The SMILES string of the molecule is Cc1nn(C)c(=O)c(C(=O)OCC(=O)c2cc(C)n(-c3ccc(OC(F)F)cc3)c2C)c1C. The minimum Gasteiger partial charge on any atom is -0.454 e. The molecule has 0 bridgehead atoms. The van der Waals surface area contributed by atoms with Crippen LogP contribution in [0.4, 0.5) is 8.78 Å². The normalized spacial score (nSPS) is 11.0. The lowest BCUT2D eigenvalue weighted by Crippen LogP contribution is -2.30. The van der Waals surface area contributed by atoms with Crippen molar-refractivity contribution in [3.05, 3.63) is 74.5 Å². The molecule has 0 fully saturated rings. The lowest BCUT2D eigenvalue weighted by Gasteiger charge is -2.12. The number of nitrogens with zero attached hydrogens (tertiary/aromatic N) is 3. The number of esters is 1. The van der Waals surface area contributed by atoms with Gasteiger partial charge in [0.2, 0.25) is 5.78 Å². The van der Waals surface area contributed by atoms with E-state index in [4.69, 9.17) is 4.74 Å². The number of carbonyl (C=O) groups is 2. The molecule has 2 aromatic heterocycles. The molecule has 10 heteroatoms. The zero-order valence-electron chi connectivity index (χ0n) is 18.8. The van der Waals surface area contributed by atoms with Crippen LogP contribution in [0.25, 0.3) is 5.69 Å². The van der Waals surface area contributed by atoms with Gasteiger partial charge in [-0.2, -0.15) is 13.9 Å². The van der Waals surface area contributed by atoms with E-state index in [0.717, 1.165) is 10.4 Å². The first-order valence-electron chi connectivity index (χ1n) is 10.00. The number of aryl methyl sites for hydroxylation is 3. The first-order valence-corrected chi connectivity index (χ1v) is 10.00. The molecule has 3 rings (SSSR count). The molecular weight excluding hydrogens is 436 g/mol. The molecule has 0 unspecified atom stereocenters. The summed E-state index contributed by atoms with van der Waals surface area (Å²) in [5.41, 5.74) is 2.43. The van der Waals surface area contributed by atoms with E-state index in [2.05, 4.69) is 9.84 Å². The van der Waals surface area contributed by atoms with Crippen LogP contribution in [-0.2, 0) is 11.8 Å². The Morgan fingerprint density at radius 3 is 2.33 bits per heavy atom. The van der Waals surface area contributed by atoms with E-state index in [1.807, 2.05) is 0 Å². The van der Waals surface area contributed by atoms with E-state index in [9.17, 15) is 23.2 Å². The standard InChI is InChI=1S/C23H23F2N3O5/c1-12-10-18(15(4)28(12)16-6-8-17(9-7-16)33-23(24)25)19(29)11-32-22(31)20-13(2)14(3)26-27(5)21(20)30/h6-10,23H,11H2,1-5H3. The van der Waals surface area contributed by atoms with Crippen LogP contribution in [0.2, 0.25) is 0 Å². The third-order valence-electron chi connectivity index (χ3n) is 5.32. The van der Waals surface area contributed by atoms with Crippen molar-refractivity contribution in [2.45, 2.75) is 34.3 Å². The van der Waals surface area contributed by atoms with E-state index in [1.54, 1.807) is 50.5 Å². The van der Waals surface area contributed by atoms with Crippen molar-refractivity contribution in [1.82, 2.24) is 14.3 Å². The molecule has 0 aliphatic rings. The number of alkyl halides is 2. The van der Waals surface area contributed by atoms with Crippen LogP contribution in [0.1, 0.15) is 43.4 Å². The average molecular weight is 459 g/mol. The van der Waals surface area contributed by atoms with Gasteiger partial charge in [-0.25, -0.2) is 9.48 Å². The number of rotatable bonds is 7. The first-order chi connectivity index (χ1) is 15.5. The van der Waals surface area contributed by atoms with E-state index in [-0.39, 0.29) is 11.3 Å². The number of Topliss-reactive ketones (excluding diaryl/α,β-unsaturated/α-hetero) is 1. The van der Waals surface area contributed by atoms with Gasteiger partial charge in [-0.3, -0.25) is 9.59 Å². The Kier molecular flexibility index (Phi) is 6.75. The van der Waals surface area contributed by atoms with Gasteiger partial charge in [0.25, 0.3) is 5.56 Å². The van der Waals surface area contributed by atoms with Crippen molar-refractivity contribution in [2.24, 2.45) is 7.05 Å². The van der Waals surface area contributed by atoms with E-state index >= 15 is 0 Å². The van der Waals surface area contributed by atoms with Gasteiger partial charge in [0, 0.05) is 29.7 Å². The van der Waals surface area contributed by atoms with Gasteiger partial charge in [0.1, 0.15) is 11.3 Å².